The van der Waals surface area contributed by atoms with Gasteiger partial charge in [0.2, 0.25) is 0 Å². The van der Waals surface area contributed by atoms with Crippen molar-refractivity contribution < 1.29 is 10.2 Å². The molecule has 0 radical (unpaired) electrons. The van der Waals surface area contributed by atoms with Gasteiger partial charge in [0.05, 0.1) is 0 Å². The lowest BCUT2D eigenvalue weighted by molar-refractivity contribution is 0.402. The molecule has 0 aliphatic heterocycles. The zero-order valence-corrected chi connectivity index (χ0v) is 9.49. The first-order chi connectivity index (χ1) is 7.00. The van der Waals surface area contributed by atoms with Crippen molar-refractivity contribution in [3.05, 3.63) is 23.8 Å². The molecule has 0 amide bonds. The second-order valence-electron chi connectivity index (χ2n) is 4.21. The van der Waals surface area contributed by atoms with Crippen molar-refractivity contribution in [2.45, 2.75) is 32.7 Å². The molecule has 0 fully saturated rings. The number of aromatic hydroxyl groups is 2. The second-order valence-corrected chi connectivity index (χ2v) is 4.21. The first kappa shape index (κ1) is 11.9. The van der Waals surface area contributed by atoms with Crippen molar-refractivity contribution in [1.82, 2.24) is 5.32 Å². The summed E-state index contributed by atoms with van der Waals surface area (Å²) >= 11 is 0. The first-order valence-corrected chi connectivity index (χ1v) is 5.26. The maximum absolute atomic E-state index is 9.36. The average Bonchev–Trinajstić information content (AvgIpc) is 2.18. The van der Waals surface area contributed by atoms with Gasteiger partial charge in [0.1, 0.15) is 0 Å². The van der Waals surface area contributed by atoms with Gasteiger partial charge in [0.25, 0.3) is 0 Å². The Kier molecular flexibility index (Phi) is 3.97. The maximum Gasteiger partial charge on any atom is 0.157 e. The summed E-state index contributed by atoms with van der Waals surface area (Å²) in [6.45, 7) is 7.14. The lowest BCUT2D eigenvalue weighted by Gasteiger charge is -2.15. The number of phenols is 2. The third-order valence-electron chi connectivity index (χ3n) is 2.40. The van der Waals surface area contributed by atoms with Crippen molar-refractivity contribution in [2.24, 2.45) is 0 Å². The molecule has 1 aromatic carbocycles. The molecule has 15 heavy (non-hydrogen) atoms. The third kappa shape index (κ3) is 3.44. The Hall–Kier alpha value is -1.22. The van der Waals surface area contributed by atoms with Crippen molar-refractivity contribution in [3.8, 4) is 11.5 Å². The van der Waals surface area contributed by atoms with Crippen LogP contribution in [-0.2, 0) is 0 Å². The second kappa shape index (κ2) is 5.03. The van der Waals surface area contributed by atoms with E-state index in [9.17, 15) is 10.2 Å². The van der Waals surface area contributed by atoms with Gasteiger partial charge in [-0.3, -0.25) is 0 Å². The number of phenolic OH excluding ortho intramolecular Hbond substituents is 2. The van der Waals surface area contributed by atoms with Gasteiger partial charge in [-0.25, -0.2) is 0 Å². The van der Waals surface area contributed by atoms with Crippen LogP contribution in [0, 0.1) is 0 Å². The highest BCUT2D eigenvalue weighted by molar-refractivity contribution is 5.41. The fraction of sp³-hybridized carbons (Fsp3) is 0.500. The maximum atomic E-state index is 9.36. The molecule has 0 aliphatic carbocycles. The van der Waals surface area contributed by atoms with Crippen molar-refractivity contribution in [3.63, 3.8) is 0 Å². The molecule has 0 aromatic heterocycles. The summed E-state index contributed by atoms with van der Waals surface area (Å²) in [6, 6.07) is 5.43. The van der Waals surface area contributed by atoms with E-state index in [1.54, 1.807) is 6.07 Å². The summed E-state index contributed by atoms with van der Waals surface area (Å²) < 4.78 is 0. The molecular weight excluding hydrogens is 190 g/mol. The van der Waals surface area contributed by atoms with Crippen LogP contribution in [0.3, 0.4) is 0 Å². The van der Waals surface area contributed by atoms with Gasteiger partial charge in [-0.1, -0.05) is 26.8 Å². The molecule has 1 unspecified atom stereocenters. The predicted molar refractivity (Wildman–Crippen MR) is 61.3 cm³/mol. The van der Waals surface area contributed by atoms with E-state index in [2.05, 4.69) is 26.1 Å². The zero-order chi connectivity index (χ0) is 11.4. The molecule has 1 rings (SSSR count). The van der Waals surface area contributed by atoms with E-state index >= 15 is 0 Å². The standard InChI is InChI=1S/C12H19NO2/c1-8(2)13-7-9(3)10-4-5-11(14)12(15)6-10/h4-6,8-9,13-15H,7H2,1-3H3. The fourth-order valence-electron chi connectivity index (χ4n) is 1.38. The molecule has 0 aliphatic rings. The molecule has 84 valence electrons. The predicted octanol–water partition coefficient (Wildman–Crippen LogP) is 2.20. The van der Waals surface area contributed by atoms with Crippen LogP contribution in [0.5, 0.6) is 11.5 Å². The lowest BCUT2D eigenvalue weighted by Crippen LogP contribution is -2.26. The van der Waals surface area contributed by atoms with Crippen LogP contribution in [0.2, 0.25) is 0 Å². The Morgan fingerprint density at radius 3 is 2.33 bits per heavy atom. The van der Waals surface area contributed by atoms with Crippen LogP contribution in [0.1, 0.15) is 32.3 Å². The van der Waals surface area contributed by atoms with Crippen LogP contribution in [0.25, 0.3) is 0 Å². The molecule has 3 nitrogen and oxygen atoms in total. The summed E-state index contributed by atoms with van der Waals surface area (Å²) in [5, 5.41) is 21.9. The van der Waals surface area contributed by atoms with Crippen molar-refractivity contribution in [1.29, 1.82) is 0 Å². The number of rotatable bonds is 4. The van der Waals surface area contributed by atoms with E-state index in [0.29, 0.717) is 12.0 Å². The van der Waals surface area contributed by atoms with E-state index < -0.39 is 0 Å². The molecular formula is C12H19NO2. The summed E-state index contributed by atoms with van der Waals surface area (Å²) in [7, 11) is 0. The summed E-state index contributed by atoms with van der Waals surface area (Å²) in [4.78, 5) is 0. The van der Waals surface area contributed by atoms with Crippen molar-refractivity contribution in [2.75, 3.05) is 6.54 Å². The smallest absolute Gasteiger partial charge is 0.157 e. The van der Waals surface area contributed by atoms with Crippen LogP contribution >= 0.6 is 0 Å². The summed E-state index contributed by atoms with van der Waals surface area (Å²) in [6.07, 6.45) is 0. The third-order valence-corrected chi connectivity index (χ3v) is 2.40. The minimum absolute atomic E-state index is 0.0519. The summed E-state index contributed by atoms with van der Waals surface area (Å²) in [5.41, 5.74) is 1.03. The Morgan fingerprint density at radius 1 is 1.13 bits per heavy atom. The van der Waals surface area contributed by atoms with Gasteiger partial charge >= 0.3 is 0 Å². The molecule has 1 aromatic rings. The van der Waals surface area contributed by atoms with Gasteiger partial charge in [-0.05, 0) is 23.6 Å². The Labute approximate surface area is 90.8 Å². The largest absolute Gasteiger partial charge is 0.504 e. The van der Waals surface area contributed by atoms with E-state index in [1.165, 1.54) is 6.07 Å². The molecule has 0 saturated heterocycles. The van der Waals surface area contributed by atoms with Gasteiger partial charge in [-0.15, -0.1) is 0 Å². The fourth-order valence-corrected chi connectivity index (χ4v) is 1.38. The summed E-state index contributed by atoms with van der Waals surface area (Å²) in [5.74, 6) is 0.200. The van der Waals surface area contributed by atoms with Gasteiger partial charge in [0.15, 0.2) is 11.5 Å². The van der Waals surface area contributed by atoms with E-state index in [4.69, 9.17) is 0 Å². The Bertz CT molecular complexity index is 323. The average molecular weight is 209 g/mol. The minimum atomic E-state index is -0.0669. The highest BCUT2D eigenvalue weighted by Crippen LogP contribution is 2.28. The van der Waals surface area contributed by atoms with Crippen molar-refractivity contribution >= 4 is 0 Å². The van der Waals surface area contributed by atoms with Crippen LogP contribution in [0.4, 0.5) is 0 Å². The number of benzene rings is 1. The highest BCUT2D eigenvalue weighted by Gasteiger charge is 2.08. The van der Waals surface area contributed by atoms with E-state index in [1.807, 2.05) is 6.07 Å². The number of hydrogen-bond acceptors (Lipinski definition) is 3. The van der Waals surface area contributed by atoms with Crippen LogP contribution < -0.4 is 5.32 Å². The molecule has 0 spiro atoms. The Balaban J connectivity index is 2.65. The molecule has 0 heterocycles. The Morgan fingerprint density at radius 2 is 1.80 bits per heavy atom. The van der Waals surface area contributed by atoms with Gasteiger partial charge in [-0.2, -0.15) is 0 Å². The molecule has 1 atom stereocenters. The molecule has 0 bridgehead atoms. The molecule has 3 N–H and O–H groups in total. The van der Waals surface area contributed by atoms with Crippen LogP contribution in [0.15, 0.2) is 18.2 Å². The topological polar surface area (TPSA) is 52.5 Å². The van der Waals surface area contributed by atoms with E-state index in [-0.39, 0.29) is 11.5 Å². The number of hydrogen-bond donors (Lipinski definition) is 3. The minimum Gasteiger partial charge on any atom is -0.504 e. The molecule has 0 saturated carbocycles. The quantitative estimate of drug-likeness (QED) is 0.666. The molecule has 3 heteroatoms. The first-order valence-electron chi connectivity index (χ1n) is 5.26. The number of nitrogens with one attached hydrogen (secondary N) is 1. The monoisotopic (exact) mass is 209 g/mol. The van der Waals surface area contributed by atoms with Crippen LogP contribution in [-0.4, -0.2) is 22.8 Å². The zero-order valence-electron chi connectivity index (χ0n) is 9.49. The van der Waals surface area contributed by atoms with Gasteiger partial charge in [0, 0.05) is 12.6 Å². The SMILES string of the molecule is CC(C)NCC(C)c1ccc(O)c(O)c1. The van der Waals surface area contributed by atoms with E-state index in [0.717, 1.165) is 12.1 Å². The van der Waals surface area contributed by atoms with Gasteiger partial charge < -0.3 is 15.5 Å². The lowest BCUT2D eigenvalue weighted by atomic mass is 10.0. The normalized spacial score (nSPS) is 13.1. The highest BCUT2D eigenvalue weighted by atomic mass is 16.3.